The summed E-state index contributed by atoms with van der Waals surface area (Å²) < 4.78 is 5.07. The predicted octanol–water partition coefficient (Wildman–Crippen LogP) is 2.01. The normalized spacial score (nSPS) is 10.1. The van der Waals surface area contributed by atoms with Gasteiger partial charge in [0.25, 0.3) is 0 Å². The van der Waals surface area contributed by atoms with Crippen LogP contribution in [-0.4, -0.2) is 13.0 Å². The van der Waals surface area contributed by atoms with Gasteiger partial charge in [-0.1, -0.05) is 12.1 Å². The maximum absolute atomic E-state index is 11.2. The molecular formula is C11H12NO2. The first kappa shape index (κ1) is 10.3. The fraction of sp³-hybridized carbons (Fsp3) is 0.182. The molecule has 0 saturated heterocycles. The number of nitrogens with one attached hydrogen (secondary N) is 1. The summed E-state index contributed by atoms with van der Waals surface area (Å²) in [5.74, 6) is 0.451. The molecule has 3 heteroatoms. The second-order valence-corrected chi connectivity index (χ2v) is 2.62. The molecule has 0 aliphatic rings. The molecule has 1 radical (unpaired) electrons. The van der Waals surface area contributed by atoms with Gasteiger partial charge in [-0.2, -0.15) is 0 Å². The minimum Gasteiger partial charge on any atom is -0.495 e. The predicted molar refractivity (Wildman–Crippen MR) is 55.3 cm³/mol. The highest BCUT2D eigenvalue weighted by molar-refractivity contribution is 6.00. The van der Waals surface area contributed by atoms with E-state index in [9.17, 15) is 4.79 Å². The van der Waals surface area contributed by atoms with E-state index in [0.717, 1.165) is 0 Å². The first-order chi connectivity index (χ1) is 6.77. The highest BCUT2D eigenvalue weighted by Crippen LogP contribution is 2.22. The van der Waals surface area contributed by atoms with Crippen molar-refractivity contribution in [1.82, 2.24) is 0 Å². The van der Waals surface area contributed by atoms with Gasteiger partial charge in [0, 0.05) is 0 Å². The third-order valence-corrected chi connectivity index (χ3v) is 1.62. The quantitative estimate of drug-likeness (QED) is 0.740. The maximum Gasteiger partial charge on any atom is 0.248 e. The average molecular weight is 190 g/mol. The lowest BCUT2D eigenvalue weighted by molar-refractivity contribution is -0.111. The Balaban J connectivity index is 2.80. The van der Waals surface area contributed by atoms with Crippen LogP contribution < -0.4 is 10.1 Å². The molecule has 0 aliphatic carbocycles. The number of hydrogen-bond acceptors (Lipinski definition) is 2. The molecular weight excluding hydrogens is 178 g/mol. The first-order valence-corrected chi connectivity index (χ1v) is 4.25. The van der Waals surface area contributed by atoms with Crippen molar-refractivity contribution in [2.24, 2.45) is 0 Å². The molecule has 0 saturated carbocycles. The van der Waals surface area contributed by atoms with Gasteiger partial charge >= 0.3 is 0 Å². The van der Waals surface area contributed by atoms with Gasteiger partial charge in [-0.15, -0.1) is 0 Å². The van der Waals surface area contributed by atoms with Gasteiger partial charge in [-0.3, -0.25) is 4.79 Å². The highest BCUT2D eigenvalue weighted by Gasteiger charge is 2.02. The van der Waals surface area contributed by atoms with Crippen LogP contribution in [0.5, 0.6) is 5.75 Å². The number of anilines is 1. The van der Waals surface area contributed by atoms with Crippen LogP contribution in [0, 0.1) is 6.07 Å². The van der Waals surface area contributed by atoms with E-state index in [0.29, 0.717) is 11.4 Å². The SMILES string of the molecule is C/C=C/C(=O)Nc1c[c]ccc1OC. The summed E-state index contributed by atoms with van der Waals surface area (Å²) in [6.45, 7) is 1.79. The van der Waals surface area contributed by atoms with E-state index in [1.54, 1.807) is 38.3 Å². The van der Waals surface area contributed by atoms with Gasteiger partial charge in [-0.05, 0) is 31.2 Å². The summed E-state index contributed by atoms with van der Waals surface area (Å²) in [5, 5.41) is 2.68. The minimum atomic E-state index is -0.176. The van der Waals surface area contributed by atoms with E-state index >= 15 is 0 Å². The third-order valence-electron chi connectivity index (χ3n) is 1.62. The topological polar surface area (TPSA) is 38.3 Å². The molecule has 0 unspecified atom stereocenters. The summed E-state index contributed by atoms with van der Waals surface area (Å²) in [5.41, 5.74) is 0.623. The number of ether oxygens (including phenoxy) is 1. The molecule has 0 bridgehead atoms. The smallest absolute Gasteiger partial charge is 0.248 e. The first-order valence-electron chi connectivity index (χ1n) is 4.25. The molecule has 0 atom stereocenters. The van der Waals surface area contributed by atoms with Crippen LogP contribution >= 0.6 is 0 Å². The van der Waals surface area contributed by atoms with Crippen LogP contribution in [0.2, 0.25) is 0 Å². The van der Waals surface area contributed by atoms with Crippen LogP contribution in [0.15, 0.2) is 30.4 Å². The zero-order valence-electron chi connectivity index (χ0n) is 8.20. The van der Waals surface area contributed by atoms with Crippen LogP contribution in [-0.2, 0) is 4.79 Å². The van der Waals surface area contributed by atoms with Crippen molar-refractivity contribution >= 4 is 11.6 Å². The number of methoxy groups -OCH3 is 1. The zero-order chi connectivity index (χ0) is 10.4. The van der Waals surface area contributed by atoms with Crippen LogP contribution in [0.3, 0.4) is 0 Å². The van der Waals surface area contributed by atoms with Crippen LogP contribution in [0.25, 0.3) is 0 Å². The van der Waals surface area contributed by atoms with E-state index < -0.39 is 0 Å². The number of amides is 1. The fourth-order valence-corrected chi connectivity index (χ4v) is 1.02. The maximum atomic E-state index is 11.2. The lowest BCUT2D eigenvalue weighted by Crippen LogP contribution is -2.08. The molecule has 1 N–H and O–H groups in total. The lowest BCUT2D eigenvalue weighted by Gasteiger charge is -2.07. The third kappa shape index (κ3) is 2.62. The Bertz CT molecular complexity index is 345. The number of hydrogen-bond donors (Lipinski definition) is 1. The summed E-state index contributed by atoms with van der Waals surface area (Å²) in [7, 11) is 1.56. The van der Waals surface area contributed by atoms with Crippen LogP contribution in [0.1, 0.15) is 6.92 Å². The summed E-state index contributed by atoms with van der Waals surface area (Å²) in [6, 6.07) is 8.00. The van der Waals surface area contributed by atoms with Gasteiger partial charge in [0.2, 0.25) is 5.91 Å². The molecule has 14 heavy (non-hydrogen) atoms. The Labute approximate surface area is 83.4 Å². The van der Waals surface area contributed by atoms with Gasteiger partial charge in [-0.25, -0.2) is 0 Å². The second-order valence-electron chi connectivity index (χ2n) is 2.62. The Kier molecular flexibility index (Phi) is 3.73. The summed E-state index contributed by atoms with van der Waals surface area (Å²) >= 11 is 0. The number of carbonyl (C=O) groups excluding carboxylic acids is 1. The van der Waals surface area contributed by atoms with E-state index in [2.05, 4.69) is 11.4 Å². The molecule has 73 valence electrons. The van der Waals surface area contributed by atoms with E-state index in [4.69, 9.17) is 4.74 Å². The van der Waals surface area contributed by atoms with Gasteiger partial charge in [0.1, 0.15) is 5.75 Å². The molecule has 3 nitrogen and oxygen atoms in total. The van der Waals surface area contributed by atoms with Gasteiger partial charge in [0.15, 0.2) is 0 Å². The second kappa shape index (κ2) is 5.07. The molecule has 0 spiro atoms. The molecule has 0 aromatic heterocycles. The van der Waals surface area contributed by atoms with E-state index in [1.165, 1.54) is 6.08 Å². The molecule has 0 fully saturated rings. The molecule has 0 heterocycles. The molecule has 1 amide bonds. The van der Waals surface area contributed by atoms with E-state index in [1.807, 2.05) is 0 Å². The van der Waals surface area contributed by atoms with Gasteiger partial charge in [0.05, 0.1) is 12.8 Å². The Morgan fingerprint density at radius 1 is 1.64 bits per heavy atom. The Morgan fingerprint density at radius 3 is 3.07 bits per heavy atom. The number of allylic oxidation sites excluding steroid dienone is 1. The molecule has 1 rings (SSSR count). The average Bonchev–Trinajstić information content (AvgIpc) is 2.19. The van der Waals surface area contributed by atoms with Crippen molar-refractivity contribution in [2.75, 3.05) is 12.4 Å². The highest BCUT2D eigenvalue weighted by atomic mass is 16.5. The monoisotopic (exact) mass is 190 g/mol. The molecule has 1 aromatic rings. The van der Waals surface area contributed by atoms with Gasteiger partial charge < -0.3 is 10.1 Å². The molecule has 0 aliphatic heterocycles. The number of benzene rings is 1. The standard InChI is InChI=1S/C11H12NO2/c1-3-6-11(13)12-9-7-4-5-8-10(9)14-2/h3,5-8H,1-2H3,(H,12,13)/b6-3+. The van der Waals surface area contributed by atoms with Crippen LogP contribution in [0.4, 0.5) is 5.69 Å². The van der Waals surface area contributed by atoms with Crippen molar-refractivity contribution in [2.45, 2.75) is 6.92 Å². The number of rotatable bonds is 3. The van der Waals surface area contributed by atoms with Crippen molar-refractivity contribution in [1.29, 1.82) is 0 Å². The Morgan fingerprint density at radius 2 is 2.43 bits per heavy atom. The summed E-state index contributed by atoms with van der Waals surface area (Å²) in [4.78, 5) is 11.2. The number of carbonyl (C=O) groups is 1. The van der Waals surface area contributed by atoms with Crippen molar-refractivity contribution in [3.8, 4) is 5.75 Å². The van der Waals surface area contributed by atoms with Crippen molar-refractivity contribution in [3.63, 3.8) is 0 Å². The summed E-state index contributed by atoms with van der Waals surface area (Å²) in [6.07, 6.45) is 3.13. The lowest BCUT2D eigenvalue weighted by atomic mass is 10.3. The van der Waals surface area contributed by atoms with Crippen molar-refractivity contribution < 1.29 is 9.53 Å². The Hall–Kier alpha value is -1.77. The minimum absolute atomic E-state index is 0.176. The zero-order valence-corrected chi connectivity index (χ0v) is 8.20. The van der Waals surface area contributed by atoms with E-state index in [-0.39, 0.29) is 5.91 Å². The molecule has 1 aromatic carbocycles. The fourth-order valence-electron chi connectivity index (χ4n) is 1.02. The largest absolute Gasteiger partial charge is 0.495 e. The van der Waals surface area contributed by atoms with Crippen molar-refractivity contribution in [3.05, 3.63) is 36.4 Å².